The van der Waals surface area contributed by atoms with Crippen LogP contribution in [0.2, 0.25) is 0 Å². The number of alkyl halides is 2. The van der Waals surface area contributed by atoms with Gasteiger partial charge >= 0.3 is 5.97 Å². The number of amides is 2. The van der Waals surface area contributed by atoms with Gasteiger partial charge in [-0.2, -0.15) is 0 Å². The molecule has 61 heavy (non-hydrogen) atoms. The summed E-state index contributed by atoms with van der Waals surface area (Å²) >= 11 is 0. The molecule has 3 heterocycles. The highest BCUT2D eigenvalue weighted by Crippen LogP contribution is 2.57. The Morgan fingerprint density at radius 3 is 2.44 bits per heavy atom. The average molecular weight is 876 g/mol. The van der Waals surface area contributed by atoms with Crippen LogP contribution in [0.4, 0.5) is 8.78 Å². The van der Waals surface area contributed by atoms with Crippen molar-refractivity contribution >= 4 is 44.4 Å². The fourth-order valence-electron chi connectivity index (χ4n) is 8.48. The Hall–Kier alpha value is -4.38. The first-order chi connectivity index (χ1) is 28.7. The lowest BCUT2D eigenvalue weighted by atomic mass is 9.82. The van der Waals surface area contributed by atoms with E-state index in [1.54, 1.807) is 25.3 Å². The molecule has 2 amide bonds. The number of carbonyl (C=O) groups is 4. The van der Waals surface area contributed by atoms with E-state index in [0.717, 1.165) is 13.8 Å². The summed E-state index contributed by atoms with van der Waals surface area (Å²) in [6.45, 7) is 7.21. The molecule has 2 aliphatic carbocycles. The lowest BCUT2D eigenvalue weighted by Crippen LogP contribution is -2.48. The summed E-state index contributed by atoms with van der Waals surface area (Å²) < 4.78 is 85.5. The summed E-state index contributed by atoms with van der Waals surface area (Å²) in [5, 5.41) is 0.540. The Balaban J connectivity index is 1.36. The van der Waals surface area contributed by atoms with Gasteiger partial charge in [-0.05, 0) is 88.3 Å². The number of Topliss-reactive ketones (excluding diaryl/α,β-unsaturated/α-hetero) is 1. The van der Waals surface area contributed by atoms with Gasteiger partial charge in [0, 0.05) is 37.6 Å². The molecule has 336 valence electrons. The molecule has 1 aromatic carbocycles. The number of allylic oxidation sites excluding steroid dienone is 2. The smallest absolute Gasteiger partial charge is 0.307 e. The fourth-order valence-corrected chi connectivity index (χ4v) is 9.87. The number of benzene rings is 1. The second-order valence-corrected chi connectivity index (χ2v) is 19.9. The molecule has 1 aromatic heterocycles. The zero-order valence-corrected chi connectivity index (χ0v) is 36.9. The van der Waals surface area contributed by atoms with Crippen molar-refractivity contribution in [2.24, 2.45) is 29.1 Å². The van der Waals surface area contributed by atoms with Crippen LogP contribution in [0.1, 0.15) is 92.4 Å². The van der Waals surface area contributed by atoms with Gasteiger partial charge in [0.1, 0.15) is 24.2 Å². The molecule has 0 radical (unpaired) electrons. The number of esters is 1. The summed E-state index contributed by atoms with van der Waals surface area (Å²) in [6.07, 6.45) is 6.64. The fraction of sp³-hybridized carbons (Fsp3) is 0.659. The molecule has 6 rings (SSSR count). The van der Waals surface area contributed by atoms with E-state index in [4.69, 9.17) is 23.7 Å². The predicted octanol–water partition coefficient (Wildman–Crippen LogP) is 6.19. The molecule has 1 N–H and O–H groups in total. The number of nitrogens with one attached hydrogen (secondary N) is 1. The highest BCUT2D eigenvalue weighted by Gasteiger charge is 2.62. The van der Waals surface area contributed by atoms with Gasteiger partial charge in [0.15, 0.2) is 11.4 Å². The minimum atomic E-state index is -3.93. The van der Waals surface area contributed by atoms with Gasteiger partial charge in [0.05, 0.1) is 55.5 Å². The Kier molecular flexibility index (Phi) is 13.7. The molecular weight excluding hydrogens is 817 g/mol. The predicted molar refractivity (Wildman–Crippen MR) is 221 cm³/mol. The average Bonchev–Trinajstić information content (AvgIpc) is 4.12. The number of hydrogen-bond donors (Lipinski definition) is 1. The second kappa shape index (κ2) is 18.1. The first-order valence-corrected chi connectivity index (χ1v) is 22.6. The van der Waals surface area contributed by atoms with E-state index in [0.29, 0.717) is 67.9 Å². The van der Waals surface area contributed by atoms with Crippen LogP contribution >= 0.6 is 0 Å². The van der Waals surface area contributed by atoms with Crippen LogP contribution in [0.15, 0.2) is 36.5 Å². The molecule has 4 aliphatic rings. The number of hydrogen-bond acceptors (Lipinski definition) is 12. The lowest BCUT2D eigenvalue weighted by Gasteiger charge is -2.34. The summed E-state index contributed by atoms with van der Waals surface area (Å²) in [6, 6.07) is 4.13. The SMILES string of the molecule is COCCOc1cnc(O[C@@H]2C[C@H]3C(=O)C[C@]4(C(=O)NS(=O)(=O)C5CC5)C[C@H]4/C=C\CC[C@@H](C)C[C@@H](C)[C@H](CC(=O)OC(C)(C)C(C)(F)F)C(=O)N3C2)c2ccc(OC)cc12. The molecule has 0 spiro atoms. The number of methoxy groups -OCH3 is 2. The number of halogens is 2. The van der Waals surface area contributed by atoms with Crippen molar-refractivity contribution in [2.45, 2.75) is 121 Å². The Morgan fingerprint density at radius 2 is 1.77 bits per heavy atom. The number of ketones is 1. The van der Waals surface area contributed by atoms with Crippen LogP contribution < -0.4 is 18.9 Å². The van der Waals surface area contributed by atoms with E-state index < -0.39 is 92.1 Å². The van der Waals surface area contributed by atoms with Crippen LogP contribution in [0.25, 0.3) is 10.8 Å². The van der Waals surface area contributed by atoms with Gasteiger partial charge in [0.25, 0.3) is 5.92 Å². The second-order valence-electron chi connectivity index (χ2n) is 18.0. The number of aromatic nitrogens is 1. The third-order valence-corrected chi connectivity index (χ3v) is 14.6. The van der Waals surface area contributed by atoms with Crippen molar-refractivity contribution in [1.82, 2.24) is 14.6 Å². The third-order valence-electron chi connectivity index (χ3n) is 12.8. The number of rotatable bonds is 14. The molecule has 2 aliphatic heterocycles. The van der Waals surface area contributed by atoms with Crippen molar-refractivity contribution in [1.29, 1.82) is 0 Å². The highest BCUT2D eigenvalue weighted by atomic mass is 32.2. The summed E-state index contributed by atoms with van der Waals surface area (Å²) in [5.41, 5.74) is -3.51. The first kappa shape index (κ1) is 46.1. The minimum absolute atomic E-state index is 0.00833. The number of pyridine rings is 1. The van der Waals surface area contributed by atoms with E-state index in [-0.39, 0.29) is 44.2 Å². The largest absolute Gasteiger partial charge is 0.497 e. The van der Waals surface area contributed by atoms with Crippen LogP contribution in [-0.4, -0.2) is 105 Å². The maximum atomic E-state index is 15.0. The van der Waals surface area contributed by atoms with E-state index in [2.05, 4.69) is 9.71 Å². The van der Waals surface area contributed by atoms with E-state index in [1.165, 1.54) is 18.2 Å². The molecule has 2 aromatic rings. The minimum Gasteiger partial charge on any atom is -0.497 e. The van der Waals surface area contributed by atoms with Crippen LogP contribution in [-0.2, 0) is 38.7 Å². The molecule has 17 heteroatoms. The van der Waals surface area contributed by atoms with Gasteiger partial charge in [0.2, 0.25) is 27.7 Å². The molecular formula is C44H59F2N3O11S. The summed E-state index contributed by atoms with van der Waals surface area (Å²) in [7, 11) is -0.835. The normalized spacial score (nSPS) is 28.2. The van der Waals surface area contributed by atoms with Gasteiger partial charge in [-0.15, -0.1) is 0 Å². The van der Waals surface area contributed by atoms with Crippen LogP contribution in [0.5, 0.6) is 17.4 Å². The van der Waals surface area contributed by atoms with E-state index in [1.807, 2.05) is 26.0 Å². The topological polar surface area (TPSA) is 177 Å². The molecule has 0 bridgehead atoms. The van der Waals surface area contributed by atoms with Crippen LogP contribution in [0.3, 0.4) is 0 Å². The maximum Gasteiger partial charge on any atom is 0.307 e. The summed E-state index contributed by atoms with van der Waals surface area (Å²) in [4.78, 5) is 63.0. The van der Waals surface area contributed by atoms with Crippen molar-refractivity contribution in [3.63, 3.8) is 0 Å². The number of nitrogens with zero attached hydrogens (tertiary/aromatic N) is 2. The van der Waals surface area contributed by atoms with Crippen molar-refractivity contribution < 1.29 is 60.1 Å². The van der Waals surface area contributed by atoms with Crippen molar-refractivity contribution in [3.05, 3.63) is 36.5 Å². The molecule has 2 saturated carbocycles. The molecule has 0 unspecified atom stereocenters. The first-order valence-electron chi connectivity index (χ1n) is 21.1. The lowest BCUT2D eigenvalue weighted by molar-refractivity contribution is -0.197. The van der Waals surface area contributed by atoms with Crippen molar-refractivity contribution in [3.8, 4) is 17.4 Å². The van der Waals surface area contributed by atoms with E-state index >= 15 is 0 Å². The van der Waals surface area contributed by atoms with E-state index in [9.17, 15) is 36.4 Å². The number of sulfonamides is 1. The zero-order chi connectivity index (χ0) is 44.5. The van der Waals surface area contributed by atoms with Gasteiger partial charge in [-0.25, -0.2) is 22.2 Å². The Labute approximate surface area is 356 Å². The standard InChI is InChI=1S/C44H59F2N3O11S/c1-26-10-8-9-11-28-22-44(28,41(53)48-61(54,55)31-13-14-31)23-36(50)35-20-30(59-39-32-15-12-29(57-7)19-34(32)37(24-47-39)58-17-16-56-6)25-49(35)40(52)33(27(2)18-26)21-38(51)60-42(3,4)43(5,45)46/h9,11-12,15,19,24,26-28,30-31,33,35H,8,10,13-14,16-18,20-23,25H2,1-7H3,(H,48,53)/b11-9-/t26-,27-,28-,30-,33+,35+,44-/m1/s1. The number of ether oxygens (including phenoxy) is 5. The number of fused-ring (bicyclic) bond motifs is 3. The Morgan fingerprint density at radius 1 is 1.03 bits per heavy atom. The monoisotopic (exact) mass is 875 g/mol. The Bertz CT molecular complexity index is 2120. The van der Waals surface area contributed by atoms with Gasteiger partial charge in [-0.1, -0.05) is 26.0 Å². The van der Waals surface area contributed by atoms with Gasteiger partial charge < -0.3 is 28.6 Å². The molecule has 7 atom stereocenters. The third kappa shape index (κ3) is 10.5. The van der Waals surface area contributed by atoms with Gasteiger partial charge in [-0.3, -0.25) is 23.9 Å². The highest BCUT2D eigenvalue weighted by molar-refractivity contribution is 7.90. The summed E-state index contributed by atoms with van der Waals surface area (Å²) in [5.74, 6) is -6.75. The van der Waals surface area contributed by atoms with Crippen LogP contribution in [0, 0.1) is 29.1 Å². The number of carbonyl (C=O) groups excluding carboxylic acids is 4. The molecule has 14 nitrogen and oxygen atoms in total. The quantitative estimate of drug-likeness (QED) is 0.130. The molecule has 3 fully saturated rings. The maximum absolute atomic E-state index is 15.0. The van der Waals surface area contributed by atoms with Crippen molar-refractivity contribution in [2.75, 3.05) is 34.0 Å². The zero-order valence-electron chi connectivity index (χ0n) is 36.0. The molecule has 1 saturated heterocycles.